The zero-order valence-electron chi connectivity index (χ0n) is 14.2. The molecule has 1 N–H and O–H groups in total. The van der Waals surface area contributed by atoms with Crippen LogP contribution in [0.3, 0.4) is 0 Å². The molecule has 0 aliphatic heterocycles. The molecule has 6 heteroatoms. The molecule has 0 aromatic heterocycles. The van der Waals surface area contributed by atoms with Crippen LogP contribution in [-0.4, -0.2) is 11.1 Å². The Morgan fingerprint density at radius 3 is 1.36 bits per heavy atom. The molecule has 0 fully saturated rings. The second kappa shape index (κ2) is 25.4. The maximum Gasteiger partial charge on any atom is 0.303 e. The topological polar surface area (TPSA) is 89.8 Å². The van der Waals surface area contributed by atoms with Crippen LogP contribution < -0.4 is 0 Å². The van der Waals surface area contributed by atoms with Crippen LogP contribution in [-0.2, 0) is 24.3 Å². The number of unbranched alkanes of at least 4 members (excludes halogenated alkanes) is 12. The number of nitrogens with zero attached hydrogens (tertiary/aromatic N) is 1. The number of hydrogen-bond donors (Lipinski definition) is 1. The molecular formula is C16H32NO4Zn-. The van der Waals surface area contributed by atoms with Crippen LogP contribution in [0.25, 0.3) is 0 Å². The van der Waals surface area contributed by atoms with Gasteiger partial charge in [-0.05, 0) is 6.42 Å². The van der Waals surface area contributed by atoms with Crippen LogP contribution in [0.1, 0.15) is 96.8 Å². The van der Waals surface area contributed by atoms with Gasteiger partial charge in [-0.15, -0.1) is 5.34 Å². The van der Waals surface area contributed by atoms with Gasteiger partial charge in [0.2, 0.25) is 0 Å². The van der Waals surface area contributed by atoms with Crippen molar-refractivity contribution in [2.24, 2.45) is 5.34 Å². The van der Waals surface area contributed by atoms with Crippen molar-refractivity contribution in [2.75, 3.05) is 0 Å². The molecule has 0 rings (SSSR count). The zero-order valence-corrected chi connectivity index (χ0v) is 17.2. The molecule has 0 saturated heterocycles. The van der Waals surface area contributed by atoms with E-state index >= 15 is 0 Å². The van der Waals surface area contributed by atoms with Crippen molar-refractivity contribution in [3.8, 4) is 0 Å². The Morgan fingerprint density at radius 2 is 1.09 bits per heavy atom. The Hall–Kier alpha value is -0.507. The molecule has 0 aromatic carbocycles. The maximum atomic E-state index is 10.3. The summed E-state index contributed by atoms with van der Waals surface area (Å²) in [6, 6.07) is 0. The van der Waals surface area contributed by atoms with Crippen LogP contribution >= 0.6 is 0 Å². The van der Waals surface area contributed by atoms with Crippen molar-refractivity contribution >= 4 is 5.97 Å². The van der Waals surface area contributed by atoms with Crippen molar-refractivity contribution < 1.29 is 29.4 Å². The summed E-state index contributed by atoms with van der Waals surface area (Å²) in [4.78, 5) is 18.3. The number of hydrogen-bond acceptors (Lipinski definition) is 4. The standard InChI is InChI=1S/C16H32O2.HNO2.Zn/c1-2-3-4-5-6-7-8-9-10-11-12-13-14-15-16(17)18;2-1-3;/h2-15H2,1H3,(H,17,18);(H,2,3);/p-1. The van der Waals surface area contributed by atoms with Gasteiger partial charge in [-0.1, -0.05) is 84.0 Å². The minimum atomic E-state index is -0.655. The van der Waals surface area contributed by atoms with E-state index in [0.717, 1.165) is 18.2 Å². The molecule has 0 aliphatic rings. The van der Waals surface area contributed by atoms with Gasteiger partial charge >= 0.3 is 5.97 Å². The third-order valence-corrected chi connectivity index (χ3v) is 3.49. The second-order valence-corrected chi connectivity index (χ2v) is 5.46. The molecule has 0 bridgehead atoms. The predicted molar refractivity (Wildman–Crippen MR) is 87.1 cm³/mol. The van der Waals surface area contributed by atoms with Crippen molar-refractivity contribution in [3.05, 3.63) is 10.1 Å². The van der Waals surface area contributed by atoms with E-state index in [1.807, 2.05) is 0 Å². The quantitative estimate of drug-likeness (QED) is 0.182. The largest absolute Gasteiger partial charge is 0.481 e. The predicted octanol–water partition coefficient (Wildman–Crippen LogP) is 5.80. The van der Waals surface area contributed by atoms with E-state index in [0.29, 0.717) is 6.42 Å². The average molecular weight is 368 g/mol. The first-order chi connectivity index (χ1) is 10.2. The van der Waals surface area contributed by atoms with E-state index in [4.69, 9.17) is 15.2 Å². The molecular weight excluding hydrogens is 336 g/mol. The van der Waals surface area contributed by atoms with Crippen LogP contribution in [0.4, 0.5) is 0 Å². The van der Waals surface area contributed by atoms with E-state index in [1.165, 1.54) is 70.6 Å². The maximum absolute atomic E-state index is 10.3. The normalized spacial score (nSPS) is 9.32. The number of rotatable bonds is 14. The molecule has 0 saturated carbocycles. The third-order valence-electron chi connectivity index (χ3n) is 3.49. The molecule has 0 radical (unpaired) electrons. The van der Waals surface area contributed by atoms with Crippen molar-refractivity contribution in [1.82, 2.24) is 0 Å². The average Bonchev–Trinajstić information content (AvgIpc) is 2.44. The van der Waals surface area contributed by atoms with Crippen molar-refractivity contribution in [2.45, 2.75) is 96.8 Å². The van der Waals surface area contributed by atoms with Crippen molar-refractivity contribution in [1.29, 1.82) is 0 Å². The van der Waals surface area contributed by atoms with Gasteiger partial charge in [-0.2, -0.15) is 0 Å². The van der Waals surface area contributed by atoms with Crippen LogP contribution in [0.2, 0.25) is 0 Å². The first kappa shape index (κ1) is 26.4. The zero-order chi connectivity index (χ0) is 16.2. The van der Waals surface area contributed by atoms with E-state index in [1.54, 1.807) is 0 Å². The smallest absolute Gasteiger partial charge is 0.303 e. The summed E-state index contributed by atoms with van der Waals surface area (Å²) in [7, 11) is 0. The van der Waals surface area contributed by atoms with Gasteiger partial charge < -0.3 is 15.2 Å². The van der Waals surface area contributed by atoms with Gasteiger partial charge in [0, 0.05) is 25.9 Å². The molecule has 5 nitrogen and oxygen atoms in total. The van der Waals surface area contributed by atoms with Crippen LogP contribution in [0.15, 0.2) is 5.34 Å². The Bertz CT molecular complexity index is 228. The molecule has 0 unspecified atom stereocenters. The van der Waals surface area contributed by atoms with Crippen LogP contribution in [0, 0.1) is 10.1 Å². The molecule has 0 atom stereocenters. The summed E-state index contributed by atoms with van der Waals surface area (Å²) in [6.07, 6.45) is 17.3. The summed E-state index contributed by atoms with van der Waals surface area (Å²) in [5.41, 5.74) is 0. The molecule has 0 amide bonds. The second-order valence-electron chi connectivity index (χ2n) is 5.46. The summed E-state index contributed by atoms with van der Waals surface area (Å²) in [6.45, 7) is 2.26. The summed E-state index contributed by atoms with van der Waals surface area (Å²) in [5, 5.41) is 17.5. The first-order valence-electron chi connectivity index (χ1n) is 8.35. The number of carbonyl (C=O) groups is 1. The minimum absolute atomic E-state index is 0. The summed E-state index contributed by atoms with van der Waals surface area (Å²) < 4.78 is 0. The van der Waals surface area contributed by atoms with Crippen LogP contribution in [0.5, 0.6) is 0 Å². The SMILES string of the molecule is CCCCCCCCCCCCCCCC(=O)O.O=N[O-].[Zn]. The molecule has 128 valence electrons. The van der Waals surface area contributed by atoms with Gasteiger partial charge in [0.15, 0.2) is 0 Å². The van der Waals surface area contributed by atoms with Gasteiger partial charge in [0.05, 0.1) is 0 Å². The molecule has 0 heterocycles. The number of carboxylic acid groups (broad SMARTS) is 1. The van der Waals surface area contributed by atoms with Gasteiger partial charge in [0.1, 0.15) is 0 Å². The summed E-state index contributed by atoms with van der Waals surface area (Å²) in [5.74, 6) is -0.655. The third kappa shape index (κ3) is 31.7. The number of carboxylic acids is 1. The molecule has 0 aliphatic carbocycles. The van der Waals surface area contributed by atoms with E-state index in [9.17, 15) is 4.79 Å². The Labute approximate surface area is 148 Å². The van der Waals surface area contributed by atoms with Gasteiger partial charge in [-0.3, -0.25) is 4.79 Å². The number of aliphatic carboxylic acids is 1. The Balaban J connectivity index is -0.000000827. The first-order valence-corrected chi connectivity index (χ1v) is 8.35. The van der Waals surface area contributed by atoms with Gasteiger partial charge in [0.25, 0.3) is 0 Å². The monoisotopic (exact) mass is 366 g/mol. The molecule has 0 spiro atoms. The molecule has 22 heavy (non-hydrogen) atoms. The summed E-state index contributed by atoms with van der Waals surface area (Å²) >= 11 is 0. The van der Waals surface area contributed by atoms with Gasteiger partial charge in [-0.25, -0.2) is 0 Å². The van der Waals surface area contributed by atoms with E-state index in [-0.39, 0.29) is 19.5 Å². The minimum Gasteiger partial charge on any atom is -0.481 e. The van der Waals surface area contributed by atoms with E-state index < -0.39 is 5.97 Å². The Kier molecular flexibility index (Phi) is 30.5. The van der Waals surface area contributed by atoms with E-state index in [2.05, 4.69) is 6.92 Å². The Morgan fingerprint density at radius 1 is 0.818 bits per heavy atom. The van der Waals surface area contributed by atoms with Crippen molar-refractivity contribution in [3.63, 3.8) is 0 Å². The molecule has 0 aromatic rings. The fourth-order valence-corrected chi connectivity index (χ4v) is 2.29. The fourth-order valence-electron chi connectivity index (χ4n) is 2.29. The fraction of sp³-hybridized carbons (Fsp3) is 0.938.